The summed E-state index contributed by atoms with van der Waals surface area (Å²) in [6.07, 6.45) is 1.77. The molecule has 1 aromatic heterocycles. The molecule has 0 saturated carbocycles. The molecule has 0 atom stereocenters. The van der Waals surface area contributed by atoms with Crippen LogP contribution in [-0.2, 0) is 16.1 Å². The second kappa shape index (κ2) is 7.62. The van der Waals surface area contributed by atoms with Gasteiger partial charge in [-0.3, -0.25) is 9.48 Å². The summed E-state index contributed by atoms with van der Waals surface area (Å²) in [7, 11) is 1.66. The Balaban J connectivity index is 1.74. The molecule has 6 nitrogen and oxygen atoms in total. The van der Waals surface area contributed by atoms with E-state index >= 15 is 0 Å². The number of benzene rings is 1. The first-order valence-corrected chi connectivity index (χ1v) is 6.68. The maximum absolute atomic E-state index is 11.8. The maximum atomic E-state index is 11.8. The fourth-order valence-corrected chi connectivity index (χ4v) is 1.93. The van der Waals surface area contributed by atoms with Crippen LogP contribution in [0.2, 0.25) is 0 Å². The Hall–Kier alpha value is -1.92. The fraction of sp³-hybridized carbons (Fsp3) is 0.429. The van der Waals surface area contributed by atoms with Gasteiger partial charge in [-0.1, -0.05) is 18.2 Å². The monoisotopic (exact) mass is 276 g/mol. The van der Waals surface area contributed by atoms with Gasteiger partial charge in [0.2, 0.25) is 5.91 Å². The lowest BCUT2D eigenvalue weighted by Crippen LogP contribution is -2.35. The summed E-state index contributed by atoms with van der Waals surface area (Å²) >= 11 is 0. The van der Waals surface area contributed by atoms with Gasteiger partial charge in [0.05, 0.1) is 18.3 Å². The predicted molar refractivity (Wildman–Crippen MR) is 77.5 cm³/mol. The number of aromatic nitrogens is 2. The van der Waals surface area contributed by atoms with Crippen LogP contribution in [0, 0.1) is 0 Å². The average Bonchev–Trinajstić information content (AvgIpc) is 2.86. The van der Waals surface area contributed by atoms with Crippen LogP contribution >= 0.6 is 0 Å². The van der Waals surface area contributed by atoms with Crippen molar-refractivity contribution < 1.29 is 9.53 Å². The molecular weight excluding hydrogens is 256 g/mol. The second-order valence-corrected chi connectivity index (χ2v) is 4.45. The number of amides is 1. The smallest absolute Gasteiger partial charge is 0.241 e. The average molecular weight is 276 g/mol. The van der Waals surface area contributed by atoms with Crippen molar-refractivity contribution in [1.29, 1.82) is 0 Å². The highest BCUT2D eigenvalue weighted by molar-refractivity contribution is 5.81. The van der Waals surface area contributed by atoms with E-state index in [0.29, 0.717) is 13.2 Å². The zero-order valence-corrected chi connectivity index (χ0v) is 11.6. The van der Waals surface area contributed by atoms with Crippen LogP contribution in [0.5, 0.6) is 0 Å². The number of nitrogens with zero attached hydrogens (tertiary/aromatic N) is 2. The third kappa shape index (κ3) is 4.04. The summed E-state index contributed by atoms with van der Waals surface area (Å²) in [6, 6.07) is 7.84. The van der Waals surface area contributed by atoms with Crippen LogP contribution in [0.4, 0.5) is 0 Å². The summed E-state index contributed by atoms with van der Waals surface area (Å²) in [6.45, 7) is 3.03. The molecule has 0 aliphatic carbocycles. The van der Waals surface area contributed by atoms with Crippen LogP contribution in [0.25, 0.3) is 10.9 Å². The van der Waals surface area contributed by atoms with E-state index in [0.717, 1.165) is 24.0 Å². The van der Waals surface area contributed by atoms with Crippen molar-refractivity contribution in [2.75, 3.05) is 33.4 Å². The highest BCUT2D eigenvalue weighted by Crippen LogP contribution is 2.11. The molecule has 0 spiro atoms. The van der Waals surface area contributed by atoms with E-state index in [1.165, 1.54) is 0 Å². The summed E-state index contributed by atoms with van der Waals surface area (Å²) < 4.78 is 6.63. The van der Waals surface area contributed by atoms with E-state index in [2.05, 4.69) is 15.7 Å². The van der Waals surface area contributed by atoms with Gasteiger partial charge in [0.25, 0.3) is 0 Å². The Kier molecular flexibility index (Phi) is 5.52. The van der Waals surface area contributed by atoms with Gasteiger partial charge in [0.15, 0.2) is 0 Å². The molecule has 0 saturated heterocycles. The van der Waals surface area contributed by atoms with Crippen molar-refractivity contribution in [3.8, 4) is 0 Å². The number of hydrogen-bond donors (Lipinski definition) is 2. The Bertz CT molecular complexity index is 553. The first-order chi connectivity index (χ1) is 9.81. The zero-order valence-electron chi connectivity index (χ0n) is 11.6. The highest BCUT2D eigenvalue weighted by atomic mass is 16.5. The van der Waals surface area contributed by atoms with Crippen LogP contribution < -0.4 is 10.6 Å². The molecule has 20 heavy (non-hydrogen) atoms. The van der Waals surface area contributed by atoms with E-state index in [1.54, 1.807) is 18.0 Å². The summed E-state index contributed by atoms with van der Waals surface area (Å²) in [5.74, 6) is -0.0348. The highest BCUT2D eigenvalue weighted by Gasteiger charge is 2.06. The number of nitrogens with one attached hydrogen (secondary N) is 2. The minimum absolute atomic E-state index is 0.0348. The summed E-state index contributed by atoms with van der Waals surface area (Å²) in [5, 5.41) is 11.3. The van der Waals surface area contributed by atoms with E-state index in [-0.39, 0.29) is 12.5 Å². The van der Waals surface area contributed by atoms with Gasteiger partial charge in [-0.2, -0.15) is 5.10 Å². The summed E-state index contributed by atoms with van der Waals surface area (Å²) in [4.78, 5) is 11.8. The summed E-state index contributed by atoms with van der Waals surface area (Å²) in [5.41, 5.74) is 0.973. The topological polar surface area (TPSA) is 68.2 Å². The van der Waals surface area contributed by atoms with Crippen molar-refractivity contribution in [2.45, 2.75) is 6.54 Å². The first-order valence-electron chi connectivity index (χ1n) is 6.68. The largest absolute Gasteiger partial charge is 0.383 e. The number of carbonyl (C=O) groups is 1. The molecule has 2 rings (SSSR count). The zero-order chi connectivity index (χ0) is 14.2. The Morgan fingerprint density at radius 2 is 2.15 bits per heavy atom. The lowest BCUT2D eigenvalue weighted by Gasteiger charge is -2.07. The Morgan fingerprint density at radius 1 is 1.30 bits per heavy atom. The lowest BCUT2D eigenvalue weighted by molar-refractivity contribution is -0.121. The molecule has 108 valence electrons. The molecule has 0 aliphatic rings. The second-order valence-electron chi connectivity index (χ2n) is 4.45. The third-order valence-electron chi connectivity index (χ3n) is 2.95. The van der Waals surface area contributed by atoms with E-state index in [9.17, 15) is 4.79 Å². The van der Waals surface area contributed by atoms with Crippen molar-refractivity contribution in [3.63, 3.8) is 0 Å². The minimum Gasteiger partial charge on any atom is -0.383 e. The van der Waals surface area contributed by atoms with Gasteiger partial charge in [0, 0.05) is 32.1 Å². The molecule has 2 aromatic rings. The van der Waals surface area contributed by atoms with Crippen LogP contribution in [0.3, 0.4) is 0 Å². The SMILES string of the molecule is COCCNCCNC(=O)Cn1ncc2ccccc21. The molecule has 0 aliphatic heterocycles. The Morgan fingerprint density at radius 3 is 3.00 bits per heavy atom. The molecule has 1 amide bonds. The van der Waals surface area contributed by atoms with Gasteiger partial charge in [-0.05, 0) is 6.07 Å². The molecule has 2 N–H and O–H groups in total. The van der Waals surface area contributed by atoms with Gasteiger partial charge in [-0.15, -0.1) is 0 Å². The van der Waals surface area contributed by atoms with Crippen molar-refractivity contribution in [3.05, 3.63) is 30.5 Å². The van der Waals surface area contributed by atoms with Crippen LogP contribution in [0.1, 0.15) is 0 Å². The van der Waals surface area contributed by atoms with Crippen LogP contribution in [-0.4, -0.2) is 49.0 Å². The van der Waals surface area contributed by atoms with Crippen LogP contribution in [0.15, 0.2) is 30.5 Å². The van der Waals surface area contributed by atoms with Gasteiger partial charge < -0.3 is 15.4 Å². The fourth-order valence-electron chi connectivity index (χ4n) is 1.93. The number of carbonyl (C=O) groups excluding carboxylic acids is 1. The number of para-hydroxylation sites is 1. The first kappa shape index (κ1) is 14.5. The van der Waals surface area contributed by atoms with Gasteiger partial charge >= 0.3 is 0 Å². The van der Waals surface area contributed by atoms with Gasteiger partial charge in [-0.25, -0.2) is 0 Å². The quantitative estimate of drug-likeness (QED) is 0.684. The van der Waals surface area contributed by atoms with E-state index < -0.39 is 0 Å². The molecule has 0 radical (unpaired) electrons. The van der Waals surface area contributed by atoms with Gasteiger partial charge in [0.1, 0.15) is 6.54 Å². The number of rotatable bonds is 8. The number of ether oxygens (including phenoxy) is 1. The predicted octanol–water partition coefficient (Wildman–Crippen LogP) is 0.389. The number of hydrogen-bond acceptors (Lipinski definition) is 4. The molecule has 1 heterocycles. The molecular formula is C14H20N4O2. The van der Waals surface area contributed by atoms with Crippen molar-refractivity contribution >= 4 is 16.8 Å². The minimum atomic E-state index is -0.0348. The lowest BCUT2D eigenvalue weighted by atomic mass is 10.2. The van der Waals surface area contributed by atoms with Crippen molar-refractivity contribution in [2.24, 2.45) is 0 Å². The maximum Gasteiger partial charge on any atom is 0.241 e. The molecule has 0 unspecified atom stereocenters. The molecule has 1 aromatic carbocycles. The third-order valence-corrected chi connectivity index (χ3v) is 2.95. The number of fused-ring (bicyclic) bond motifs is 1. The number of methoxy groups -OCH3 is 1. The molecule has 0 bridgehead atoms. The van der Waals surface area contributed by atoms with E-state index in [4.69, 9.17) is 4.74 Å². The molecule has 0 fully saturated rings. The standard InChI is InChI=1S/C14H20N4O2/c1-20-9-8-15-6-7-16-14(19)11-18-13-5-3-2-4-12(13)10-17-18/h2-5,10,15H,6-9,11H2,1H3,(H,16,19). The van der Waals surface area contributed by atoms with E-state index in [1.807, 2.05) is 24.3 Å². The normalized spacial score (nSPS) is 10.8. The molecule has 6 heteroatoms. The Labute approximate surface area is 118 Å². The van der Waals surface area contributed by atoms with Crippen molar-refractivity contribution in [1.82, 2.24) is 20.4 Å².